The Morgan fingerprint density at radius 1 is 1.24 bits per heavy atom. The number of carbonyl (C=O) groups is 4. The van der Waals surface area contributed by atoms with Crippen LogP contribution < -0.4 is 16.0 Å². The molecule has 1 fully saturated rings. The number of anilines is 1. The third kappa shape index (κ3) is 7.34. The monoisotopic (exact) mass is 573 g/mol. The highest BCUT2D eigenvalue weighted by atomic mass is 35.5. The Labute approximate surface area is 227 Å². The van der Waals surface area contributed by atoms with Crippen LogP contribution in [0.15, 0.2) is 18.3 Å². The number of likely N-dealkylation sites (N-methyl/N-ethyl adjacent to an activating group) is 1. The summed E-state index contributed by atoms with van der Waals surface area (Å²) >= 11 is 7.00. The Bertz CT molecular complexity index is 1170. The predicted molar refractivity (Wildman–Crippen MR) is 138 cm³/mol. The highest BCUT2D eigenvalue weighted by molar-refractivity contribution is 7.13. The van der Waals surface area contributed by atoms with Crippen LogP contribution in [0.1, 0.15) is 26.8 Å². The third-order valence-corrected chi connectivity index (χ3v) is 7.11. The molecule has 1 unspecified atom stereocenters. The van der Waals surface area contributed by atoms with Crippen molar-refractivity contribution in [3.05, 3.63) is 38.9 Å². The van der Waals surface area contributed by atoms with E-state index in [2.05, 4.69) is 30.8 Å². The van der Waals surface area contributed by atoms with Crippen molar-refractivity contribution in [3.8, 4) is 0 Å². The zero-order valence-corrected chi connectivity index (χ0v) is 22.2. The van der Waals surface area contributed by atoms with E-state index < -0.39 is 35.8 Å². The first-order valence-corrected chi connectivity index (χ1v) is 12.5. The van der Waals surface area contributed by atoms with Gasteiger partial charge in [0.15, 0.2) is 5.01 Å². The summed E-state index contributed by atoms with van der Waals surface area (Å²) in [6, 6.07) is 1.71. The van der Waals surface area contributed by atoms with E-state index >= 15 is 0 Å². The molecule has 2 aromatic rings. The number of pyridine rings is 1. The number of halogens is 3. The van der Waals surface area contributed by atoms with Gasteiger partial charge in [0.25, 0.3) is 5.91 Å². The molecule has 0 saturated carbocycles. The van der Waals surface area contributed by atoms with E-state index in [4.69, 9.17) is 11.6 Å². The number of hydrogen-bond donors (Lipinski definition) is 3. The molecule has 4 amide bonds. The molecule has 4 rings (SSSR count). The first-order chi connectivity index (χ1) is 17.2. The van der Waals surface area contributed by atoms with Crippen LogP contribution in [-0.4, -0.2) is 88.8 Å². The number of likely N-dealkylation sites (tertiary alicyclic amines) is 1. The molecule has 37 heavy (non-hydrogen) atoms. The third-order valence-electron chi connectivity index (χ3n) is 5.80. The predicted octanol–water partition coefficient (Wildman–Crippen LogP) is 1.02. The van der Waals surface area contributed by atoms with E-state index in [-0.39, 0.29) is 49.3 Å². The van der Waals surface area contributed by atoms with Gasteiger partial charge in [-0.3, -0.25) is 19.2 Å². The first kappa shape index (κ1) is 28.7. The SMILES string of the molecule is CN1CCc2nc(C(=O)NC(CNC(=O)C(=O)Nc3ccc(Cl)cn3)C(=O)N3CC[C@@H](F)C3)sc2C1.Cl. The van der Waals surface area contributed by atoms with Gasteiger partial charge in [-0.15, -0.1) is 23.7 Å². The van der Waals surface area contributed by atoms with Gasteiger partial charge in [-0.05, 0) is 25.6 Å². The molecule has 3 N–H and O–H groups in total. The molecular formula is C22H26Cl2FN7O4S. The van der Waals surface area contributed by atoms with Crippen molar-refractivity contribution in [1.29, 1.82) is 0 Å². The number of amides is 4. The number of thiazole rings is 1. The quantitative estimate of drug-likeness (QED) is 0.439. The zero-order valence-electron chi connectivity index (χ0n) is 19.8. The van der Waals surface area contributed by atoms with Gasteiger partial charge in [-0.25, -0.2) is 14.4 Å². The highest BCUT2D eigenvalue weighted by Crippen LogP contribution is 2.24. The molecule has 2 aliphatic rings. The van der Waals surface area contributed by atoms with Crippen molar-refractivity contribution in [2.24, 2.45) is 0 Å². The number of rotatable bonds is 6. The Morgan fingerprint density at radius 2 is 2.03 bits per heavy atom. The maximum atomic E-state index is 13.7. The maximum absolute atomic E-state index is 13.7. The fourth-order valence-electron chi connectivity index (χ4n) is 3.88. The summed E-state index contributed by atoms with van der Waals surface area (Å²) in [4.78, 5) is 63.3. The van der Waals surface area contributed by atoms with Crippen LogP contribution in [0.4, 0.5) is 10.2 Å². The van der Waals surface area contributed by atoms with Crippen molar-refractivity contribution in [2.75, 3.05) is 38.5 Å². The number of hydrogen-bond acceptors (Lipinski definition) is 8. The number of carbonyl (C=O) groups excluding carboxylic acids is 4. The van der Waals surface area contributed by atoms with Gasteiger partial charge in [0.1, 0.15) is 18.0 Å². The molecule has 0 aliphatic carbocycles. The van der Waals surface area contributed by atoms with Crippen LogP contribution in [0, 0.1) is 0 Å². The smallest absolute Gasteiger partial charge is 0.314 e. The van der Waals surface area contributed by atoms with Gasteiger partial charge in [-0.2, -0.15) is 0 Å². The molecule has 2 atom stereocenters. The topological polar surface area (TPSA) is 137 Å². The van der Waals surface area contributed by atoms with Gasteiger partial charge in [0, 0.05) is 43.7 Å². The number of alkyl halides is 1. The lowest BCUT2D eigenvalue weighted by molar-refractivity contribution is -0.137. The van der Waals surface area contributed by atoms with E-state index in [0.717, 1.165) is 23.5 Å². The van der Waals surface area contributed by atoms with Crippen LogP contribution >= 0.6 is 35.3 Å². The number of aromatic nitrogens is 2. The minimum absolute atomic E-state index is 0. The van der Waals surface area contributed by atoms with Crippen LogP contribution in [-0.2, 0) is 27.3 Å². The van der Waals surface area contributed by atoms with E-state index in [9.17, 15) is 23.6 Å². The Kier molecular flexibility index (Phi) is 9.76. The fourth-order valence-corrected chi connectivity index (χ4v) is 5.08. The summed E-state index contributed by atoms with van der Waals surface area (Å²) < 4.78 is 13.7. The van der Waals surface area contributed by atoms with Gasteiger partial charge in [0.05, 0.1) is 17.3 Å². The average Bonchev–Trinajstić information content (AvgIpc) is 3.48. The second-order valence-electron chi connectivity index (χ2n) is 8.60. The minimum atomic E-state index is -1.21. The zero-order chi connectivity index (χ0) is 25.8. The summed E-state index contributed by atoms with van der Waals surface area (Å²) in [5.74, 6) is -3.05. The average molecular weight is 574 g/mol. The van der Waals surface area contributed by atoms with Crippen LogP contribution in [0.5, 0.6) is 0 Å². The summed E-state index contributed by atoms with van der Waals surface area (Å²) in [6.45, 7) is 1.24. The minimum Gasteiger partial charge on any atom is -0.345 e. The van der Waals surface area contributed by atoms with Crippen LogP contribution in [0.2, 0.25) is 5.02 Å². The normalized spacial score (nSPS) is 17.8. The second-order valence-corrected chi connectivity index (χ2v) is 10.1. The number of nitrogens with one attached hydrogen (secondary N) is 3. The molecule has 0 spiro atoms. The van der Waals surface area contributed by atoms with Crippen molar-refractivity contribution >= 4 is 64.8 Å². The van der Waals surface area contributed by atoms with E-state index in [1.165, 1.54) is 34.6 Å². The van der Waals surface area contributed by atoms with Crippen molar-refractivity contribution in [1.82, 2.24) is 30.4 Å². The van der Waals surface area contributed by atoms with E-state index in [0.29, 0.717) is 11.6 Å². The molecule has 11 nitrogen and oxygen atoms in total. The van der Waals surface area contributed by atoms with Gasteiger partial charge < -0.3 is 25.8 Å². The molecule has 15 heteroatoms. The lowest BCUT2D eigenvalue weighted by Gasteiger charge is -2.24. The molecule has 2 aliphatic heterocycles. The van der Waals surface area contributed by atoms with Crippen molar-refractivity contribution in [3.63, 3.8) is 0 Å². The molecule has 200 valence electrons. The number of nitrogens with zero attached hydrogens (tertiary/aromatic N) is 4. The lowest BCUT2D eigenvalue weighted by Crippen LogP contribution is -2.54. The van der Waals surface area contributed by atoms with Gasteiger partial charge in [0.2, 0.25) is 5.91 Å². The van der Waals surface area contributed by atoms with Gasteiger partial charge in [-0.1, -0.05) is 11.6 Å². The molecule has 2 aromatic heterocycles. The summed E-state index contributed by atoms with van der Waals surface area (Å²) in [7, 11) is 1.98. The summed E-state index contributed by atoms with van der Waals surface area (Å²) in [5, 5.41) is 7.84. The molecule has 0 radical (unpaired) electrons. The van der Waals surface area contributed by atoms with E-state index in [1.54, 1.807) is 0 Å². The molecule has 0 aromatic carbocycles. The fraction of sp³-hybridized carbons (Fsp3) is 0.455. The lowest BCUT2D eigenvalue weighted by atomic mass is 10.2. The Hall–Kier alpha value is -2.87. The molecule has 1 saturated heterocycles. The highest BCUT2D eigenvalue weighted by Gasteiger charge is 2.33. The Morgan fingerprint density at radius 3 is 2.70 bits per heavy atom. The molecular weight excluding hydrogens is 548 g/mol. The van der Waals surface area contributed by atoms with Crippen LogP contribution in [0.3, 0.4) is 0 Å². The maximum Gasteiger partial charge on any atom is 0.314 e. The molecule has 4 heterocycles. The standard InChI is InChI=1S/C22H25ClFN7O4S.ClH/c1-30-6-5-14-16(11-30)36-21(28-14)20(34)27-15(22(35)31-7-4-13(24)10-31)9-26-18(32)19(33)29-17-3-2-12(23)8-25-17;/h2-3,8,13,15H,4-7,9-11H2,1H3,(H,26,32)(H,27,34)(H,25,29,33);1H/t13-,15?;/m1./s1. The second kappa shape index (κ2) is 12.6. The summed E-state index contributed by atoms with van der Waals surface area (Å²) in [5.41, 5.74) is 0.853. The van der Waals surface area contributed by atoms with Crippen molar-refractivity contribution < 1.29 is 23.6 Å². The largest absolute Gasteiger partial charge is 0.345 e. The number of fused-ring (bicyclic) bond motifs is 1. The summed E-state index contributed by atoms with van der Waals surface area (Å²) in [6.07, 6.45) is 1.07. The van der Waals surface area contributed by atoms with Gasteiger partial charge >= 0.3 is 11.8 Å². The van der Waals surface area contributed by atoms with Crippen molar-refractivity contribution in [2.45, 2.75) is 31.6 Å². The van der Waals surface area contributed by atoms with Crippen LogP contribution in [0.25, 0.3) is 0 Å². The van der Waals surface area contributed by atoms with E-state index in [1.807, 2.05) is 7.05 Å². The first-order valence-electron chi connectivity index (χ1n) is 11.3. The molecule has 0 bridgehead atoms. The Balaban J connectivity index is 0.00000380.